The van der Waals surface area contributed by atoms with Gasteiger partial charge in [0, 0.05) is 39.0 Å². The highest BCUT2D eigenvalue weighted by Crippen LogP contribution is 2.49. The first-order chi connectivity index (χ1) is 32.8. The van der Waals surface area contributed by atoms with Crippen LogP contribution in [-0.2, 0) is 0 Å². The van der Waals surface area contributed by atoms with Gasteiger partial charge in [0.05, 0.1) is 16.7 Å². The van der Waals surface area contributed by atoms with Gasteiger partial charge in [-0.05, 0) is 104 Å². The molecule has 1 aromatic heterocycles. The SMILES string of the molecule is c1ccc(-c2ccccc2-c2c(-c3ccccc3)cccc2N(c2ccc(-c3cccc4c5ccccc5n(-c5ccccc5)c34)cc2)c2cccc(-c3cccc4ccccc34)c2)cc1. The Bertz CT molecular complexity index is 3680. The van der Waals surface area contributed by atoms with E-state index in [4.69, 9.17) is 0 Å². The summed E-state index contributed by atoms with van der Waals surface area (Å²) in [5, 5.41) is 4.94. The lowest BCUT2D eigenvalue weighted by Crippen LogP contribution is -2.12. The maximum Gasteiger partial charge on any atom is 0.0619 e. The third kappa shape index (κ3) is 6.84. The molecule has 0 atom stereocenters. The molecule has 0 bridgehead atoms. The van der Waals surface area contributed by atoms with Crippen LogP contribution in [0.1, 0.15) is 0 Å². The molecule has 0 spiro atoms. The van der Waals surface area contributed by atoms with E-state index in [0.717, 1.165) is 33.9 Å². The fourth-order valence-electron chi connectivity index (χ4n) is 10.0. The van der Waals surface area contributed by atoms with E-state index in [0.29, 0.717) is 0 Å². The van der Waals surface area contributed by atoms with E-state index in [1.165, 1.54) is 77.1 Å². The van der Waals surface area contributed by atoms with E-state index < -0.39 is 0 Å². The normalized spacial score (nSPS) is 11.3. The second-order valence-electron chi connectivity index (χ2n) is 16.8. The van der Waals surface area contributed by atoms with Gasteiger partial charge in [0.2, 0.25) is 0 Å². The van der Waals surface area contributed by atoms with Gasteiger partial charge < -0.3 is 9.47 Å². The van der Waals surface area contributed by atoms with Crippen molar-refractivity contribution in [3.05, 3.63) is 267 Å². The third-order valence-corrected chi connectivity index (χ3v) is 13.0. The maximum atomic E-state index is 2.46. The zero-order valence-electron chi connectivity index (χ0n) is 36.3. The van der Waals surface area contributed by atoms with Gasteiger partial charge in [-0.25, -0.2) is 0 Å². The van der Waals surface area contributed by atoms with Gasteiger partial charge in [-0.15, -0.1) is 0 Å². The largest absolute Gasteiger partial charge is 0.310 e. The van der Waals surface area contributed by atoms with Crippen molar-refractivity contribution in [3.8, 4) is 61.3 Å². The Morgan fingerprint density at radius 1 is 0.288 bits per heavy atom. The minimum Gasteiger partial charge on any atom is -0.310 e. The molecule has 1 heterocycles. The van der Waals surface area contributed by atoms with Gasteiger partial charge >= 0.3 is 0 Å². The van der Waals surface area contributed by atoms with Crippen LogP contribution in [0.5, 0.6) is 0 Å². The van der Waals surface area contributed by atoms with Crippen LogP contribution in [0.25, 0.3) is 93.9 Å². The summed E-state index contributed by atoms with van der Waals surface area (Å²) in [4.78, 5) is 2.46. The summed E-state index contributed by atoms with van der Waals surface area (Å²) in [5.74, 6) is 0. The predicted octanol–water partition coefficient (Wildman–Crippen LogP) is 17.7. The first-order valence-corrected chi connectivity index (χ1v) is 22.7. The molecule has 310 valence electrons. The van der Waals surface area contributed by atoms with Crippen molar-refractivity contribution >= 4 is 49.6 Å². The maximum absolute atomic E-state index is 2.46. The molecule has 0 aliphatic rings. The highest BCUT2D eigenvalue weighted by Gasteiger charge is 2.24. The molecule has 0 fully saturated rings. The number of benzene rings is 11. The topological polar surface area (TPSA) is 8.17 Å². The monoisotopic (exact) mass is 840 g/mol. The molecule has 2 nitrogen and oxygen atoms in total. The van der Waals surface area contributed by atoms with Crippen molar-refractivity contribution in [1.82, 2.24) is 4.57 Å². The molecular weight excluding hydrogens is 797 g/mol. The molecule has 2 heteroatoms. The quantitative estimate of drug-likeness (QED) is 0.141. The molecule has 0 unspecified atom stereocenters. The molecule has 12 aromatic rings. The fourth-order valence-corrected chi connectivity index (χ4v) is 10.0. The minimum absolute atomic E-state index is 1.06. The van der Waals surface area contributed by atoms with E-state index >= 15 is 0 Å². The summed E-state index contributed by atoms with van der Waals surface area (Å²) < 4.78 is 2.42. The number of aromatic nitrogens is 1. The van der Waals surface area contributed by atoms with Crippen molar-refractivity contribution < 1.29 is 0 Å². The number of hydrogen-bond acceptors (Lipinski definition) is 1. The van der Waals surface area contributed by atoms with Crippen molar-refractivity contribution in [1.29, 1.82) is 0 Å². The van der Waals surface area contributed by atoms with E-state index in [-0.39, 0.29) is 0 Å². The van der Waals surface area contributed by atoms with E-state index in [2.05, 4.69) is 276 Å². The van der Waals surface area contributed by atoms with E-state index in [1.807, 2.05) is 0 Å². The van der Waals surface area contributed by atoms with Gasteiger partial charge in [-0.2, -0.15) is 0 Å². The minimum atomic E-state index is 1.06. The van der Waals surface area contributed by atoms with Crippen LogP contribution in [-0.4, -0.2) is 4.57 Å². The van der Waals surface area contributed by atoms with E-state index in [9.17, 15) is 0 Å². The number of anilines is 3. The molecule has 0 saturated heterocycles. The third-order valence-electron chi connectivity index (χ3n) is 13.0. The van der Waals surface area contributed by atoms with Crippen LogP contribution in [0.4, 0.5) is 17.1 Å². The Kier molecular flexibility index (Phi) is 9.89. The molecule has 0 aliphatic carbocycles. The molecule has 0 saturated carbocycles. The van der Waals surface area contributed by atoms with Crippen LogP contribution in [0.2, 0.25) is 0 Å². The van der Waals surface area contributed by atoms with Crippen molar-refractivity contribution in [3.63, 3.8) is 0 Å². The first kappa shape index (κ1) is 38.9. The summed E-state index contributed by atoms with van der Waals surface area (Å²) >= 11 is 0. The molecule has 66 heavy (non-hydrogen) atoms. The zero-order valence-corrected chi connectivity index (χ0v) is 36.3. The molecule has 0 amide bonds. The lowest BCUT2D eigenvalue weighted by Gasteiger charge is -2.30. The van der Waals surface area contributed by atoms with Crippen LogP contribution < -0.4 is 4.90 Å². The zero-order chi connectivity index (χ0) is 43.8. The smallest absolute Gasteiger partial charge is 0.0619 e. The number of nitrogens with zero attached hydrogens (tertiary/aromatic N) is 2. The van der Waals surface area contributed by atoms with Gasteiger partial charge in [0.15, 0.2) is 0 Å². The summed E-state index contributed by atoms with van der Waals surface area (Å²) in [6.07, 6.45) is 0. The van der Waals surface area contributed by atoms with Crippen LogP contribution in [0.3, 0.4) is 0 Å². The Morgan fingerprint density at radius 2 is 0.803 bits per heavy atom. The van der Waals surface area contributed by atoms with Gasteiger partial charge in [0.1, 0.15) is 0 Å². The van der Waals surface area contributed by atoms with E-state index in [1.54, 1.807) is 0 Å². The Hall–Kier alpha value is -8.72. The second kappa shape index (κ2) is 16.8. The lowest BCUT2D eigenvalue weighted by molar-refractivity contribution is 1.18. The van der Waals surface area contributed by atoms with Crippen molar-refractivity contribution in [2.75, 3.05) is 4.90 Å². The molecule has 11 aromatic carbocycles. The van der Waals surface area contributed by atoms with Crippen molar-refractivity contribution in [2.24, 2.45) is 0 Å². The fraction of sp³-hybridized carbons (Fsp3) is 0. The predicted molar refractivity (Wildman–Crippen MR) is 280 cm³/mol. The Labute approximate surface area is 385 Å². The molecule has 0 N–H and O–H groups in total. The average Bonchev–Trinajstić information content (AvgIpc) is 3.74. The highest BCUT2D eigenvalue weighted by atomic mass is 15.1. The number of hydrogen-bond donors (Lipinski definition) is 0. The highest BCUT2D eigenvalue weighted by molar-refractivity contribution is 6.14. The Morgan fingerprint density at radius 3 is 1.59 bits per heavy atom. The van der Waals surface area contributed by atoms with Gasteiger partial charge in [0.25, 0.3) is 0 Å². The standard InChI is InChI=1S/C64H44N2/c1-4-20-45(21-5-1)54-31-12-13-33-59(54)63-56(47-22-6-2-7-23-47)35-19-39-62(63)65(52-29-16-26-49(44-52)55-34-17-25-46-24-10-11-30-53(46)55)51-42-40-48(41-43-51)57-36-18-37-60-58-32-14-15-38-61(58)66(64(57)60)50-27-8-3-9-28-50/h1-44H. The number of fused-ring (bicyclic) bond motifs is 4. The number of rotatable bonds is 9. The lowest BCUT2D eigenvalue weighted by atomic mass is 9.87. The van der Waals surface area contributed by atoms with Crippen LogP contribution in [0, 0.1) is 0 Å². The molecule has 0 aliphatic heterocycles. The van der Waals surface area contributed by atoms with Gasteiger partial charge in [-0.3, -0.25) is 0 Å². The van der Waals surface area contributed by atoms with Crippen molar-refractivity contribution in [2.45, 2.75) is 0 Å². The molecule has 0 radical (unpaired) electrons. The Balaban J connectivity index is 1.10. The van der Waals surface area contributed by atoms with Crippen LogP contribution in [0.15, 0.2) is 267 Å². The van der Waals surface area contributed by atoms with Gasteiger partial charge in [-0.1, -0.05) is 218 Å². The summed E-state index contributed by atoms with van der Waals surface area (Å²) in [5.41, 5.74) is 18.5. The summed E-state index contributed by atoms with van der Waals surface area (Å²) in [6.45, 7) is 0. The second-order valence-corrected chi connectivity index (χ2v) is 16.8. The summed E-state index contributed by atoms with van der Waals surface area (Å²) in [6, 6.07) is 97.0. The average molecular weight is 841 g/mol. The number of para-hydroxylation sites is 3. The molecule has 12 rings (SSSR count). The van der Waals surface area contributed by atoms with Crippen LogP contribution >= 0.6 is 0 Å². The first-order valence-electron chi connectivity index (χ1n) is 22.7. The summed E-state index contributed by atoms with van der Waals surface area (Å²) in [7, 11) is 0. The molecular formula is C64H44N2.